The van der Waals surface area contributed by atoms with E-state index in [1.165, 1.54) is 5.57 Å². The maximum Gasteiger partial charge on any atom is 0.186 e. The summed E-state index contributed by atoms with van der Waals surface area (Å²) in [5.74, 6) is -0.250. The molecule has 1 heterocycles. The fourth-order valence-electron chi connectivity index (χ4n) is 11.9. The first kappa shape index (κ1) is 33.7. The van der Waals surface area contributed by atoms with E-state index in [2.05, 4.69) is 40.7 Å². The van der Waals surface area contributed by atoms with Gasteiger partial charge in [0.1, 0.15) is 30.4 Å². The predicted molar refractivity (Wildman–Crippen MR) is 166 cm³/mol. The quantitative estimate of drug-likeness (QED) is 0.219. The molecule has 0 amide bonds. The molecular formula is C36H56O9. The Morgan fingerprint density at radius 1 is 1.09 bits per heavy atom. The molecule has 1 aliphatic heterocycles. The van der Waals surface area contributed by atoms with Crippen molar-refractivity contribution in [1.82, 2.24) is 0 Å². The summed E-state index contributed by atoms with van der Waals surface area (Å²) in [5.41, 5.74) is -1.75. The highest BCUT2D eigenvalue weighted by Gasteiger charge is 2.80. The molecule has 6 aliphatic rings. The molecule has 45 heavy (non-hydrogen) atoms. The number of carbonyl (C=O) groups is 2. The van der Waals surface area contributed by atoms with Gasteiger partial charge in [-0.05, 0) is 105 Å². The van der Waals surface area contributed by atoms with Gasteiger partial charge in [0.2, 0.25) is 0 Å². The highest BCUT2D eigenvalue weighted by atomic mass is 16.7. The maximum atomic E-state index is 14.0. The van der Waals surface area contributed by atoms with Crippen LogP contribution in [0.5, 0.6) is 0 Å². The molecule has 0 radical (unpaired) electrons. The van der Waals surface area contributed by atoms with Gasteiger partial charge in [-0.3, -0.25) is 4.79 Å². The van der Waals surface area contributed by atoms with Crippen molar-refractivity contribution in [2.45, 2.75) is 142 Å². The van der Waals surface area contributed by atoms with Crippen LogP contribution in [0.15, 0.2) is 11.6 Å². The van der Waals surface area contributed by atoms with Crippen LogP contribution in [0, 0.1) is 50.7 Å². The average Bonchev–Trinajstić information content (AvgIpc) is 3.63. The first-order chi connectivity index (χ1) is 20.8. The molecule has 1 saturated heterocycles. The Bertz CT molecular complexity index is 1240. The third kappa shape index (κ3) is 4.57. The van der Waals surface area contributed by atoms with E-state index in [1.807, 2.05) is 0 Å². The van der Waals surface area contributed by atoms with Gasteiger partial charge in [0, 0.05) is 12.3 Å². The number of aldehydes is 1. The van der Waals surface area contributed by atoms with E-state index in [0.717, 1.165) is 44.8 Å². The van der Waals surface area contributed by atoms with Gasteiger partial charge < -0.3 is 39.8 Å². The second kappa shape index (κ2) is 10.6. The molecule has 5 fully saturated rings. The van der Waals surface area contributed by atoms with Gasteiger partial charge in [-0.1, -0.05) is 39.3 Å². The van der Waals surface area contributed by atoms with Gasteiger partial charge in [-0.25, -0.2) is 0 Å². The molecule has 0 bridgehead atoms. The largest absolute Gasteiger partial charge is 0.390 e. The Morgan fingerprint density at radius 2 is 1.78 bits per heavy atom. The maximum absolute atomic E-state index is 14.0. The van der Waals surface area contributed by atoms with Crippen molar-refractivity contribution in [3.63, 3.8) is 0 Å². The number of ketones is 1. The molecule has 0 unspecified atom stereocenters. The number of rotatable bonds is 6. The van der Waals surface area contributed by atoms with Gasteiger partial charge in [0.05, 0.1) is 29.8 Å². The highest BCUT2D eigenvalue weighted by Crippen LogP contribution is 2.86. The van der Waals surface area contributed by atoms with E-state index in [-0.39, 0.29) is 58.9 Å². The molecule has 9 heteroatoms. The van der Waals surface area contributed by atoms with Gasteiger partial charge in [0.15, 0.2) is 6.29 Å². The smallest absolute Gasteiger partial charge is 0.186 e. The van der Waals surface area contributed by atoms with E-state index in [1.54, 1.807) is 13.8 Å². The van der Waals surface area contributed by atoms with Crippen LogP contribution >= 0.6 is 0 Å². The van der Waals surface area contributed by atoms with Crippen molar-refractivity contribution in [2.75, 3.05) is 6.61 Å². The zero-order chi connectivity index (χ0) is 33.1. The topological polar surface area (TPSA) is 154 Å². The summed E-state index contributed by atoms with van der Waals surface area (Å²) >= 11 is 0. The highest BCUT2D eigenvalue weighted by molar-refractivity contribution is 5.85. The molecule has 4 saturated carbocycles. The second-order valence-electron chi connectivity index (χ2n) is 17.5. The van der Waals surface area contributed by atoms with E-state index in [4.69, 9.17) is 9.47 Å². The van der Waals surface area contributed by atoms with Crippen LogP contribution in [-0.4, -0.2) is 86.6 Å². The van der Waals surface area contributed by atoms with Crippen LogP contribution in [0.4, 0.5) is 0 Å². The molecule has 0 aromatic rings. The monoisotopic (exact) mass is 632 g/mol. The Hall–Kier alpha value is -1.20. The SMILES string of the molecule is C[C@@H]1C[C@H]([C@@H](O)C(C)(C)O)CC(=O)[C@H]1[C@@]1(C)CC[C@@]23C[C@@]24CC[C@H](O[C@@H]2OC[C@@H](O)[C@H](O)[C@H]2O)C(C)(C)[C@H]4CC=C3[C@]1(C)C=O. The lowest BCUT2D eigenvalue weighted by molar-refractivity contribution is -0.300. The summed E-state index contributed by atoms with van der Waals surface area (Å²) in [6.07, 6.45) is 3.53. The van der Waals surface area contributed by atoms with Crippen molar-refractivity contribution in [1.29, 1.82) is 0 Å². The number of aliphatic hydroxyl groups excluding tert-OH is 4. The number of Topliss-reactive ketones (excluding diaryl/α,β-unsaturated/α-hetero) is 1. The van der Waals surface area contributed by atoms with Gasteiger partial charge in [0.25, 0.3) is 0 Å². The normalized spacial score (nSPS) is 51.7. The molecule has 2 spiro atoms. The Morgan fingerprint density at radius 3 is 2.40 bits per heavy atom. The Balaban J connectivity index is 1.26. The summed E-state index contributed by atoms with van der Waals surface area (Å²) in [4.78, 5) is 27.4. The van der Waals surface area contributed by atoms with Crippen molar-refractivity contribution in [3.8, 4) is 0 Å². The molecule has 0 aromatic heterocycles. The van der Waals surface area contributed by atoms with Crippen LogP contribution in [0.3, 0.4) is 0 Å². The Kier molecular flexibility index (Phi) is 7.97. The summed E-state index contributed by atoms with van der Waals surface area (Å²) in [6.45, 7) is 13.8. The van der Waals surface area contributed by atoms with Crippen molar-refractivity contribution in [2.24, 2.45) is 50.7 Å². The average molecular weight is 633 g/mol. The van der Waals surface area contributed by atoms with E-state index in [0.29, 0.717) is 12.3 Å². The molecule has 5 aliphatic carbocycles. The van der Waals surface area contributed by atoms with Gasteiger partial charge in [-0.2, -0.15) is 0 Å². The number of hydrogen-bond acceptors (Lipinski definition) is 9. The molecule has 5 N–H and O–H groups in total. The first-order valence-electron chi connectivity index (χ1n) is 17.2. The molecule has 0 aromatic carbocycles. The van der Waals surface area contributed by atoms with Gasteiger partial charge in [-0.15, -0.1) is 0 Å². The van der Waals surface area contributed by atoms with Crippen LogP contribution in [0.1, 0.15) is 99.8 Å². The van der Waals surface area contributed by atoms with Crippen LogP contribution in [0.25, 0.3) is 0 Å². The Labute approximate surface area is 267 Å². The lowest BCUT2D eigenvalue weighted by Gasteiger charge is -2.61. The fraction of sp³-hybridized carbons (Fsp3) is 0.889. The number of allylic oxidation sites excluding steroid dienone is 2. The first-order valence-corrected chi connectivity index (χ1v) is 17.2. The van der Waals surface area contributed by atoms with Gasteiger partial charge >= 0.3 is 0 Å². The summed E-state index contributed by atoms with van der Waals surface area (Å²) < 4.78 is 12.0. The minimum absolute atomic E-state index is 0.0276. The molecule has 6 rings (SSSR count). The van der Waals surface area contributed by atoms with Crippen LogP contribution in [0.2, 0.25) is 0 Å². The zero-order valence-electron chi connectivity index (χ0n) is 28.2. The predicted octanol–water partition coefficient (Wildman–Crippen LogP) is 3.32. The standard InChI is InChI=1S/C36H56O9/c1-19-14-20(29(42)32(4,5)43)15-21(38)26(19)33(6)12-13-36-17-35(36)11-10-25(45-30-28(41)27(40)22(39)16-44-30)31(2,3)23(35)8-9-24(36)34(33,7)18-37/h9,18-20,22-23,25-30,39-43H,8,10-17H2,1-7H3/t19-,20+,22-,23-,25+,26+,27+,28-,29-,30+,33-,34+,35-,36+/m1/s1. The fourth-order valence-corrected chi connectivity index (χ4v) is 11.9. The van der Waals surface area contributed by atoms with E-state index in [9.17, 15) is 35.1 Å². The molecule has 9 nitrogen and oxygen atoms in total. The number of carbonyl (C=O) groups excluding carboxylic acids is 2. The van der Waals surface area contributed by atoms with E-state index >= 15 is 0 Å². The molecular weight excluding hydrogens is 576 g/mol. The van der Waals surface area contributed by atoms with Crippen LogP contribution < -0.4 is 0 Å². The third-order valence-electron chi connectivity index (χ3n) is 14.5. The minimum Gasteiger partial charge on any atom is -0.390 e. The summed E-state index contributed by atoms with van der Waals surface area (Å²) in [7, 11) is 0. The van der Waals surface area contributed by atoms with Crippen molar-refractivity contribution in [3.05, 3.63) is 11.6 Å². The number of ether oxygens (including phenoxy) is 2. The minimum atomic E-state index is -1.33. The lowest BCUT2D eigenvalue weighted by Crippen LogP contribution is -2.60. The summed E-state index contributed by atoms with van der Waals surface area (Å²) in [5, 5.41) is 52.0. The second-order valence-corrected chi connectivity index (χ2v) is 17.5. The van der Waals surface area contributed by atoms with Crippen molar-refractivity contribution >= 4 is 12.1 Å². The lowest BCUT2D eigenvalue weighted by atomic mass is 9.42. The number of hydrogen-bond donors (Lipinski definition) is 5. The number of aliphatic hydroxyl groups is 5. The van der Waals surface area contributed by atoms with Crippen LogP contribution in [-0.2, 0) is 19.1 Å². The van der Waals surface area contributed by atoms with E-state index < -0.39 is 47.1 Å². The molecule has 14 atom stereocenters. The summed E-state index contributed by atoms with van der Waals surface area (Å²) in [6, 6.07) is 0. The third-order valence-corrected chi connectivity index (χ3v) is 14.5. The zero-order valence-corrected chi connectivity index (χ0v) is 28.2. The molecule has 254 valence electrons. The van der Waals surface area contributed by atoms with Crippen molar-refractivity contribution < 1.29 is 44.6 Å².